The highest BCUT2D eigenvalue weighted by atomic mass is 16.2. The van der Waals surface area contributed by atoms with Crippen molar-refractivity contribution in [3.05, 3.63) is 35.4 Å². The SMILES string of the molecule is CC(C)(C)NC(=O)C[NH+]1CCCN(C(=O)c2ccc(C#N)cc2)CC1. The topological polar surface area (TPSA) is 77.6 Å². The Morgan fingerprint density at radius 3 is 2.48 bits per heavy atom. The van der Waals surface area contributed by atoms with Gasteiger partial charge in [-0.3, -0.25) is 9.59 Å². The molecule has 25 heavy (non-hydrogen) atoms. The fourth-order valence-electron chi connectivity index (χ4n) is 2.99. The Morgan fingerprint density at radius 2 is 1.88 bits per heavy atom. The van der Waals surface area contributed by atoms with Crippen LogP contribution in [0.25, 0.3) is 0 Å². The summed E-state index contributed by atoms with van der Waals surface area (Å²) in [6.45, 7) is 9.34. The van der Waals surface area contributed by atoms with E-state index in [0.717, 1.165) is 19.5 Å². The lowest BCUT2D eigenvalue weighted by molar-refractivity contribution is -0.889. The standard InChI is InChI=1S/C19H26N4O2/c1-19(2,3)21-17(24)14-22-9-4-10-23(12-11-22)18(25)16-7-5-15(13-20)6-8-16/h5-8H,4,9-12,14H2,1-3H3,(H,21,24)/p+1. The number of nitrogens with zero attached hydrogens (tertiary/aromatic N) is 2. The lowest BCUT2D eigenvalue weighted by Crippen LogP contribution is -3.13. The zero-order valence-corrected chi connectivity index (χ0v) is 15.3. The van der Waals surface area contributed by atoms with Gasteiger partial charge in [0.15, 0.2) is 6.54 Å². The molecule has 1 heterocycles. The highest BCUT2D eigenvalue weighted by Crippen LogP contribution is 2.08. The van der Waals surface area contributed by atoms with E-state index >= 15 is 0 Å². The van der Waals surface area contributed by atoms with Crippen molar-refractivity contribution < 1.29 is 14.5 Å². The Hall–Kier alpha value is -2.39. The summed E-state index contributed by atoms with van der Waals surface area (Å²) in [6.07, 6.45) is 0.875. The van der Waals surface area contributed by atoms with Crippen LogP contribution < -0.4 is 10.2 Å². The van der Waals surface area contributed by atoms with E-state index in [0.29, 0.717) is 30.8 Å². The fraction of sp³-hybridized carbons (Fsp3) is 0.526. The van der Waals surface area contributed by atoms with E-state index in [-0.39, 0.29) is 17.4 Å². The number of hydrogen-bond donors (Lipinski definition) is 2. The van der Waals surface area contributed by atoms with Crippen molar-refractivity contribution in [3.8, 4) is 6.07 Å². The molecule has 1 aromatic carbocycles. The molecule has 1 atom stereocenters. The average molecular weight is 343 g/mol. The Balaban J connectivity index is 1.91. The third-order valence-corrected chi connectivity index (χ3v) is 4.17. The highest BCUT2D eigenvalue weighted by molar-refractivity contribution is 5.94. The third-order valence-electron chi connectivity index (χ3n) is 4.17. The number of rotatable bonds is 3. The number of nitriles is 1. The maximum absolute atomic E-state index is 12.6. The van der Waals surface area contributed by atoms with Crippen molar-refractivity contribution in [2.45, 2.75) is 32.7 Å². The molecule has 1 aliphatic heterocycles. The molecule has 134 valence electrons. The second-order valence-corrected chi connectivity index (χ2v) is 7.56. The van der Waals surface area contributed by atoms with Crippen LogP contribution in [0.5, 0.6) is 0 Å². The molecule has 6 heteroatoms. The van der Waals surface area contributed by atoms with E-state index in [1.807, 2.05) is 25.7 Å². The number of nitrogens with one attached hydrogen (secondary N) is 2. The highest BCUT2D eigenvalue weighted by Gasteiger charge is 2.24. The van der Waals surface area contributed by atoms with E-state index in [9.17, 15) is 9.59 Å². The van der Waals surface area contributed by atoms with Crippen molar-refractivity contribution >= 4 is 11.8 Å². The molecule has 0 aromatic heterocycles. The smallest absolute Gasteiger partial charge is 0.275 e. The Labute approximate surface area is 149 Å². The first-order valence-electron chi connectivity index (χ1n) is 8.72. The average Bonchev–Trinajstić information content (AvgIpc) is 2.78. The molecule has 0 saturated carbocycles. The molecule has 1 unspecified atom stereocenters. The van der Waals surface area contributed by atoms with E-state index in [4.69, 9.17) is 5.26 Å². The van der Waals surface area contributed by atoms with Crippen LogP contribution in [0.1, 0.15) is 43.1 Å². The first-order valence-corrected chi connectivity index (χ1v) is 8.72. The van der Waals surface area contributed by atoms with Gasteiger partial charge in [0.2, 0.25) is 0 Å². The summed E-state index contributed by atoms with van der Waals surface area (Å²) in [5, 5.41) is 11.8. The van der Waals surface area contributed by atoms with E-state index in [1.54, 1.807) is 24.3 Å². The maximum atomic E-state index is 12.6. The van der Waals surface area contributed by atoms with Crippen LogP contribution >= 0.6 is 0 Å². The van der Waals surface area contributed by atoms with E-state index < -0.39 is 0 Å². The van der Waals surface area contributed by atoms with Crippen LogP contribution in [0.3, 0.4) is 0 Å². The first kappa shape index (κ1) is 18.9. The molecule has 1 aromatic rings. The molecule has 2 amide bonds. The lowest BCUT2D eigenvalue weighted by Gasteiger charge is -2.23. The van der Waals surface area contributed by atoms with Gasteiger partial charge in [0.1, 0.15) is 0 Å². The Morgan fingerprint density at radius 1 is 1.20 bits per heavy atom. The summed E-state index contributed by atoms with van der Waals surface area (Å²) >= 11 is 0. The minimum absolute atomic E-state index is 0.00937. The molecule has 0 bridgehead atoms. The molecule has 1 fully saturated rings. The molecular weight excluding hydrogens is 316 g/mol. The van der Waals surface area contributed by atoms with Gasteiger partial charge in [-0.2, -0.15) is 5.26 Å². The van der Waals surface area contributed by atoms with Gasteiger partial charge in [-0.1, -0.05) is 0 Å². The first-order chi connectivity index (χ1) is 11.8. The predicted octanol–water partition coefficient (Wildman–Crippen LogP) is 0.204. The molecule has 2 N–H and O–H groups in total. The minimum Gasteiger partial charge on any atom is -0.347 e. The summed E-state index contributed by atoms with van der Waals surface area (Å²) < 4.78 is 0. The van der Waals surface area contributed by atoms with Crippen molar-refractivity contribution in [1.82, 2.24) is 10.2 Å². The van der Waals surface area contributed by atoms with Crippen LogP contribution in [0.4, 0.5) is 0 Å². The zero-order chi connectivity index (χ0) is 18.4. The summed E-state index contributed by atoms with van der Waals surface area (Å²) in [5.74, 6) is 0.0410. The molecule has 1 aliphatic rings. The summed E-state index contributed by atoms with van der Waals surface area (Å²) in [5.41, 5.74) is 0.931. The van der Waals surface area contributed by atoms with Gasteiger partial charge in [-0.15, -0.1) is 0 Å². The number of hydrogen-bond acceptors (Lipinski definition) is 3. The van der Waals surface area contributed by atoms with Crippen LogP contribution in [0.2, 0.25) is 0 Å². The van der Waals surface area contributed by atoms with Crippen molar-refractivity contribution in [3.63, 3.8) is 0 Å². The van der Waals surface area contributed by atoms with Gasteiger partial charge >= 0.3 is 0 Å². The summed E-state index contributed by atoms with van der Waals surface area (Å²) in [7, 11) is 0. The summed E-state index contributed by atoms with van der Waals surface area (Å²) in [6, 6.07) is 8.79. The minimum atomic E-state index is -0.222. The second-order valence-electron chi connectivity index (χ2n) is 7.56. The molecule has 0 spiro atoms. The molecular formula is C19H27N4O2+. The van der Waals surface area contributed by atoms with Crippen LogP contribution in [0.15, 0.2) is 24.3 Å². The number of amides is 2. The molecule has 1 saturated heterocycles. The van der Waals surface area contributed by atoms with Gasteiger partial charge in [-0.25, -0.2) is 0 Å². The van der Waals surface area contributed by atoms with Crippen molar-refractivity contribution in [2.75, 3.05) is 32.7 Å². The normalized spacial score (nSPS) is 18.2. The van der Waals surface area contributed by atoms with E-state index in [2.05, 4.69) is 11.4 Å². The van der Waals surface area contributed by atoms with Crippen LogP contribution in [0, 0.1) is 11.3 Å². The Kier molecular flexibility index (Phi) is 6.16. The molecule has 6 nitrogen and oxygen atoms in total. The number of carbonyl (C=O) groups is 2. The van der Waals surface area contributed by atoms with Gasteiger partial charge in [0.05, 0.1) is 31.3 Å². The zero-order valence-electron chi connectivity index (χ0n) is 15.3. The second kappa shape index (κ2) is 8.13. The number of carbonyl (C=O) groups excluding carboxylic acids is 2. The van der Waals surface area contributed by atoms with Gasteiger partial charge in [0, 0.05) is 24.1 Å². The largest absolute Gasteiger partial charge is 0.347 e. The maximum Gasteiger partial charge on any atom is 0.275 e. The monoisotopic (exact) mass is 343 g/mol. The van der Waals surface area contributed by atoms with Gasteiger partial charge in [0.25, 0.3) is 11.8 Å². The summed E-state index contributed by atoms with van der Waals surface area (Å²) in [4.78, 5) is 27.8. The molecule has 0 radical (unpaired) electrons. The van der Waals surface area contributed by atoms with Crippen molar-refractivity contribution in [1.29, 1.82) is 5.26 Å². The van der Waals surface area contributed by atoms with Gasteiger partial charge < -0.3 is 15.1 Å². The molecule has 0 aliphatic carbocycles. The predicted molar refractivity (Wildman–Crippen MR) is 95.1 cm³/mol. The third kappa shape index (κ3) is 5.87. The van der Waals surface area contributed by atoms with Gasteiger partial charge in [-0.05, 0) is 45.0 Å². The molecule has 2 rings (SSSR count). The quantitative estimate of drug-likeness (QED) is 0.823. The van der Waals surface area contributed by atoms with Crippen LogP contribution in [-0.4, -0.2) is 55.0 Å². The number of benzene rings is 1. The van der Waals surface area contributed by atoms with Crippen molar-refractivity contribution in [2.24, 2.45) is 0 Å². The number of quaternary nitrogens is 1. The van der Waals surface area contributed by atoms with E-state index in [1.165, 1.54) is 4.90 Å². The Bertz CT molecular complexity index is 655. The fourth-order valence-corrected chi connectivity index (χ4v) is 2.99. The lowest BCUT2D eigenvalue weighted by atomic mass is 10.1. The van der Waals surface area contributed by atoms with Crippen LogP contribution in [-0.2, 0) is 4.79 Å².